The smallest absolute Gasteiger partial charge is 0.365 e. The van der Waals surface area contributed by atoms with E-state index >= 15 is 0 Å². The lowest BCUT2D eigenvalue weighted by Crippen LogP contribution is -2.36. The average molecular weight is 284 g/mol. The van der Waals surface area contributed by atoms with Crippen LogP contribution < -0.4 is 0 Å². The Morgan fingerprint density at radius 2 is 2.42 bits per heavy atom. The fourth-order valence-corrected chi connectivity index (χ4v) is 2.84. The molecule has 0 amide bonds. The van der Waals surface area contributed by atoms with Gasteiger partial charge in [0.05, 0.1) is 12.3 Å². The average Bonchev–Trinajstić information content (AvgIpc) is 3.13. The van der Waals surface area contributed by atoms with Crippen molar-refractivity contribution in [2.24, 2.45) is 5.92 Å². The first kappa shape index (κ1) is 14.4. The van der Waals surface area contributed by atoms with Gasteiger partial charge in [0.2, 0.25) is 5.01 Å². The van der Waals surface area contributed by atoms with Crippen LogP contribution >= 0.6 is 11.3 Å². The van der Waals surface area contributed by atoms with Gasteiger partial charge in [-0.15, -0.1) is 11.3 Å². The Bertz CT molecular complexity index is 431. The summed E-state index contributed by atoms with van der Waals surface area (Å²) in [7, 11) is 1.70. The molecular formula is C13H20N2O3S. The molecule has 1 atom stereocenters. The Kier molecular flexibility index (Phi) is 4.90. The van der Waals surface area contributed by atoms with Crippen LogP contribution in [0.1, 0.15) is 35.3 Å². The molecule has 0 radical (unpaired) electrons. The van der Waals surface area contributed by atoms with Crippen LogP contribution in [0.25, 0.3) is 0 Å². The molecule has 0 aliphatic heterocycles. The zero-order chi connectivity index (χ0) is 13.8. The second-order valence-corrected chi connectivity index (χ2v) is 5.85. The summed E-state index contributed by atoms with van der Waals surface area (Å²) in [5.41, 5.74) is 0.839. The highest BCUT2D eigenvalue weighted by Crippen LogP contribution is 2.35. The van der Waals surface area contributed by atoms with Crippen molar-refractivity contribution < 1.29 is 14.6 Å². The number of carboxylic acids is 1. The molecule has 1 unspecified atom stereocenters. The Morgan fingerprint density at radius 1 is 1.68 bits per heavy atom. The molecule has 1 saturated carbocycles. The van der Waals surface area contributed by atoms with E-state index in [1.165, 1.54) is 24.2 Å². The van der Waals surface area contributed by atoms with Crippen LogP contribution in [-0.2, 0) is 11.3 Å². The van der Waals surface area contributed by atoms with Gasteiger partial charge in [-0.3, -0.25) is 4.90 Å². The molecule has 1 aromatic heterocycles. The van der Waals surface area contributed by atoms with E-state index < -0.39 is 5.97 Å². The quantitative estimate of drug-likeness (QED) is 0.792. The zero-order valence-electron chi connectivity index (χ0n) is 11.3. The summed E-state index contributed by atoms with van der Waals surface area (Å²) in [6, 6.07) is 0.505. The molecule has 6 heteroatoms. The molecule has 1 N–H and O–H groups in total. The summed E-state index contributed by atoms with van der Waals surface area (Å²) in [5.74, 6) is -0.177. The minimum absolute atomic E-state index is 0.167. The third-order valence-corrected chi connectivity index (χ3v) is 4.44. The third kappa shape index (κ3) is 3.99. The van der Waals surface area contributed by atoms with Gasteiger partial charge < -0.3 is 9.84 Å². The number of rotatable bonds is 8. The minimum Gasteiger partial charge on any atom is -0.476 e. The van der Waals surface area contributed by atoms with Crippen molar-refractivity contribution in [3.05, 3.63) is 16.1 Å². The zero-order valence-corrected chi connectivity index (χ0v) is 12.2. The standard InChI is InChI=1S/C13H20N2O3S/c1-9(10-3-4-10)15(5-6-18-2)7-11-8-19-12(14-11)13(16)17/h8-10H,3-7H2,1-2H3,(H,16,17). The Balaban J connectivity index is 1.98. The van der Waals surface area contributed by atoms with Gasteiger partial charge in [0, 0.05) is 31.6 Å². The van der Waals surface area contributed by atoms with E-state index in [2.05, 4.69) is 16.8 Å². The maximum absolute atomic E-state index is 10.8. The first-order valence-corrected chi connectivity index (χ1v) is 7.40. The normalized spacial score (nSPS) is 16.8. The van der Waals surface area contributed by atoms with Gasteiger partial charge in [0.25, 0.3) is 0 Å². The van der Waals surface area contributed by atoms with Gasteiger partial charge in [-0.25, -0.2) is 9.78 Å². The Hall–Kier alpha value is -0.980. The summed E-state index contributed by atoms with van der Waals surface area (Å²) in [6.45, 7) is 4.48. The van der Waals surface area contributed by atoms with Crippen molar-refractivity contribution >= 4 is 17.3 Å². The molecular weight excluding hydrogens is 264 g/mol. The molecule has 5 nitrogen and oxygen atoms in total. The Morgan fingerprint density at radius 3 is 2.95 bits per heavy atom. The molecule has 1 fully saturated rings. The highest BCUT2D eigenvalue weighted by Gasteiger charge is 2.32. The van der Waals surface area contributed by atoms with Crippen LogP contribution in [0, 0.1) is 5.92 Å². The van der Waals surface area contributed by atoms with E-state index in [0.717, 1.165) is 18.2 Å². The lowest BCUT2D eigenvalue weighted by Gasteiger charge is -2.28. The van der Waals surface area contributed by atoms with Crippen LogP contribution in [0.15, 0.2) is 5.38 Å². The topological polar surface area (TPSA) is 62.7 Å². The summed E-state index contributed by atoms with van der Waals surface area (Å²) >= 11 is 1.19. The number of aromatic carboxylic acids is 1. The number of hydrogen-bond acceptors (Lipinski definition) is 5. The first-order valence-electron chi connectivity index (χ1n) is 6.52. The second kappa shape index (κ2) is 6.45. The summed E-state index contributed by atoms with van der Waals surface area (Å²) in [6.07, 6.45) is 2.59. The van der Waals surface area contributed by atoms with Crippen molar-refractivity contribution in [2.75, 3.05) is 20.3 Å². The van der Waals surface area contributed by atoms with Crippen molar-refractivity contribution in [1.29, 1.82) is 0 Å². The second-order valence-electron chi connectivity index (χ2n) is 4.99. The SMILES string of the molecule is COCCN(Cc1csc(C(=O)O)n1)C(C)C1CC1. The molecule has 1 aromatic rings. The van der Waals surface area contributed by atoms with E-state index in [0.29, 0.717) is 19.2 Å². The molecule has 1 aliphatic rings. The number of thiazole rings is 1. The van der Waals surface area contributed by atoms with Crippen molar-refractivity contribution in [3.63, 3.8) is 0 Å². The van der Waals surface area contributed by atoms with Crippen molar-refractivity contribution in [2.45, 2.75) is 32.4 Å². The van der Waals surface area contributed by atoms with E-state index in [1.54, 1.807) is 7.11 Å². The number of carboxylic acid groups (broad SMARTS) is 1. The summed E-state index contributed by atoms with van der Waals surface area (Å²) < 4.78 is 5.15. The maximum atomic E-state index is 10.8. The van der Waals surface area contributed by atoms with Crippen molar-refractivity contribution in [3.8, 4) is 0 Å². The molecule has 0 saturated heterocycles. The van der Waals surface area contributed by atoms with Gasteiger partial charge in [-0.1, -0.05) is 0 Å². The lowest BCUT2D eigenvalue weighted by atomic mass is 10.2. The number of methoxy groups -OCH3 is 1. The van der Waals surface area contributed by atoms with Crippen LogP contribution in [-0.4, -0.2) is 47.3 Å². The number of ether oxygens (including phenoxy) is 1. The summed E-state index contributed by atoms with van der Waals surface area (Å²) in [5, 5.41) is 10.9. The number of carbonyl (C=O) groups is 1. The summed E-state index contributed by atoms with van der Waals surface area (Å²) in [4.78, 5) is 17.3. The number of aromatic nitrogens is 1. The molecule has 1 heterocycles. The molecule has 0 bridgehead atoms. The molecule has 2 rings (SSSR count). The van der Waals surface area contributed by atoms with Crippen LogP contribution in [0.4, 0.5) is 0 Å². The monoisotopic (exact) mass is 284 g/mol. The predicted molar refractivity (Wildman–Crippen MR) is 73.5 cm³/mol. The number of nitrogens with zero attached hydrogens (tertiary/aromatic N) is 2. The van der Waals surface area contributed by atoms with Gasteiger partial charge in [-0.2, -0.15) is 0 Å². The van der Waals surface area contributed by atoms with E-state index in [9.17, 15) is 4.79 Å². The largest absolute Gasteiger partial charge is 0.476 e. The van der Waals surface area contributed by atoms with Gasteiger partial charge in [0.15, 0.2) is 0 Å². The maximum Gasteiger partial charge on any atom is 0.365 e. The van der Waals surface area contributed by atoms with Gasteiger partial charge in [0.1, 0.15) is 0 Å². The Labute approximate surface area is 117 Å². The molecule has 0 spiro atoms. The molecule has 0 aromatic carbocycles. The van der Waals surface area contributed by atoms with Crippen LogP contribution in [0.3, 0.4) is 0 Å². The minimum atomic E-state index is -0.949. The van der Waals surface area contributed by atoms with Gasteiger partial charge >= 0.3 is 5.97 Å². The fraction of sp³-hybridized carbons (Fsp3) is 0.692. The first-order chi connectivity index (χ1) is 9.11. The van der Waals surface area contributed by atoms with Gasteiger partial charge in [-0.05, 0) is 25.7 Å². The highest BCUT2D eigenvalue weighted by molar-refractivity contribution is 7.11. The number of hydrogen-bond donors (Lipinski definition) is 1. The predicted octanol–water partition coefficient (Wildman–Crippen LogP) is 2.09. The molecule has 19 heavy (non-hydrogen) atoms. The lowest BCUT2D eigenvalue weighted by molar-refractivity contribution is 0.0695. The van der Waals surface area contributed by atoms with Crippen LogP contribution in [0.5, 0.6) is 0 Å². The third-order valence-electron chi connectivity index (χ3n) is 3.56. The van der Waals surface area contributed by atoms with Crippen molar-refractivity contribution in [1.82, 2.24) is 9.88 Å². The fourth-order valence-electron chi connectivity index (χ4n) is 2.20. The highest BCUT2D eigenvalue weighted by atomic mass is 32.1. The van der Waals surface area contributed by atoms with Crippen LogP contribution in [0.2, 0.25) is 0 Å². The van der Waals surface area contributed by atoms with E-state index in [-0.39, 0.29) is 5.01 Å². The molecule has 1 aliphatic carbocycles. The van der Waals surface area contributed by atoms with E-state index in [1.807, 2.05) is 5.38 Å². The molecule has 106 valence electrons. The van der Waals surface area contributed by atoms with E-state index in [4.69, 9.17) is 9.84 Å².